The zero-order chi connectivity index (χ0) is 17.8. The molecule has 0 bridgehead atoms. The zero-order valence-electron chi connectivity index (χ0n) is 13.2. The minimum absolute atomic E-state index is 0.309. The Morgan fingerprint density at radius 2 is 1.88 bits per heavy atom. The van der Waals surface area contributed by atoms with Gasteiger partial charge in [-0.25, -0.2) is 0 Å². The Morgan fingerprint density at radius 1 is 1.04 bits per heavy atom. The van der Waals surface area contributed by atoms with E-state index in [1.807, 2.05) is 12.1 Å². The van der Waals surface area contributed by atoms with E-state index < -0.39 is 0 Å². The largest absolute Gasteiger partial charge is 0.480 e. The molecule has 1 amide bonds. The maximum Gasteiger partial charge on any atom is 0.257 e. The summed E-state index contributed by atoms with van der Waals surface area (Å²) >= 11 is 12.0. The van der Waals surface area contributed by atoms with Gasteiger partial charge in [0.2, 0.25) is 5.88 Å². The number of aromatic nitrogens is 2. The van der Waals surface area contributed by atoms with Gasteiger partial charge in [0.15, 0.2) is 0 Å². The van der Waals surface area contributed by atoms with E-state index in [-0.39, 0.29) is 5.91 Å². The fraction of sp³-hybridized carbons (Fsp3) is 0.0556. The molecule has 0 saturated carbocycles. The lowest BCUT2D eigenvalue weighted by Crippen LogP contribution is -2.12. The first kappa shape index (κ1) is 17.2. The molecule has 1 aromatic heterocycles. The highest BCUT2D eigenvalue weighted by Crippen LogP contribution is 2.24. The van der Waals surface area contributed by atoms with Gasteiger partial charge in [-0.3, -0.25) is 4.79 Å². The molecule has 0 aliphatic carbocycles. The van der Waals surface area contributed by atoms with Crippen LogP contribution in [0.1, 0.15) is 10.4 Å². The second-order valence-corrected chi connectivity index (χ2v) is 5.96. The summed E-state index contributed by atoms with van der Waals surface area (Å²) in [6, 6.07) is 15.5. The summed E-state index contributed by atoms with van der Waals surface area (Å²) in [4.78, 5) is 12.4. The van der Waals surface area contributed by atoms with Crippen LogP contribution in [0.4, 0.5) is 5.69 Å². The minimum Gasteiger partial charge on any atom is -0.480 e. The molecule has 126 valence electrons. The van der Waals surface area contributed by atoms with Gasteiger partial charge in [-0.2, -0.15) is 0 Å². The van der Waals surface area contributed by atoms with Crippen molar-refractivity contribution in [2.24, 2.45) is 0 Å². The Bertz CT molecular complexity index is 914. The van der Waals surface area contributed by atoms with Gasteiger partial charge in [-0.1, -0.05) is 35.3 Å². The molecular weight excluding hydrogens is 361 g/mol. The van der Waals surface area contributed by atoms with E-state index in [2.05, 4.69) is 15.5 Å². The minimum atomic E-state index is -0.342. The van der Waals surface area contributed by atoms with Crippen LogP contribution in [0.3, 0.4) is 0 Å². The normalized spacial score (nSPS) is 10.4. The molecule has 0 radical (unpaired) electrons. The first-order valence-corrected chi connectivity index (χ1v) is 8.07. The second kappa shape index (κ2) is 7.51. The average Bonchev–Trinajstić information content (AvgIpc) is 2.64. The maximum absolute atomic E-state index is 12.4. The first-order chi connectivity index (χ1) is 12.1. The molecule has 2 aromatic carbocycles. The van der Waals surface area contributed by atoms with Crippen LogP contribution in [0.5, 0.6) is 5.88 Å². The van der Waals surface area contributed by atoms with E-state index in [9.17, 15) is 4.79 Å². The van der Waals surface area contributed by atoms with Gasteiger partial charge in [0, 0.05) is 22.3 Å². The number of anilines is 1. The molecule has 1 heterocycles. The number of carbonyl (C=O) groups excluding carboxylic acids is 1. The monoisotopic (exact) mass is 373 g/mol. The predicted octanol–water partition coefficient (Wildman–Crippen LogP) is 4.71. The van der Waals surface area contributed by atoms with Crippen LogP contribution in [0.15, 0.2) is 54.6 Å². The van der Waals surface area contributed by atoms with Crippen molar-refractivity contribution < 1.29 is 9.53 Å². The van der Waals surface area contributed by atoms with E-state index in [1.54, 1.807) is 36.4 Å². The number of hydrogen-bond acceptors (Lipinski definition) is 4. The third-order valence-corrected chi connectivity index (χ3v) is 4.00. The Morgan fingerprint density at radius 3 is 2.60 bits per heavy atom. The summed E-state index contributed by atoms with van der Waals surface area (Å²) in [5.74, 6) is 0.0919. The van der Waals surface area contributed by atoms with Gasteiger partial charge >= 0.3 is 0 Å². The molecule has 0 aliphatic heterocycles. The Labute approximate surface area is 154 Å². The van der Waals surface area contributed by atoms with Crippen LogP contribution in [0.25, 0.3) is 11.3 Å². The number of nitrogens with one attached hydrogen (secondary N) is 1. The van der Waals surface area contributed by atoms with Gasteiger partial charge in [-0.05, 0) is 36.4 Å². The summed E-state index contributed by atoms with van der Waals surface area (Å²) in [7, 11) is 1.53. The SMILES string of the molecule is COc1ccc(-c2cccc(NC(=O)c3cc(Cl)ccc3Cl)c2)nn1. The number of carbonyl (C=O) groups is 1. The van der Waals surface area contributed by atoms with Crippen LogP contribution in [0.2, 0.25) is 10.0 Å². The topological polar surface area (TPSA) is 64.1 Å². The van der Waals surface area contributed by atoms with Gasteiger partial charge in [0.25, 0.3) is 5.91 Å². The quantitative estimate of drug-likeness (QED) is 0.718. The third kappa shape index (κ3) is 4.07. The zero-order valence-corrected chi connectivity index (χ0v) is 14.7. The fourth-order valence-corrected chi connectivity index (χ4v) is 2.58. The van der Waals surface area contributed by atoms with Crippen molar-refractivity contribution >= 4 is 34.8 Å². The number of amides is 1. The number of methoxy groups -OCH3 is 1. The molecule has 0 fully saturated rings. The lowest BCUT2D eigenvalue weighted by molar-refractivity contribution is 0.102. The number of halogens is 2. The van der Waals surface area contributed by atoms with Crippen LogP contribution < -0.4 is 10.1 Å². The third-order valence-electron chi connectivity index (χ3n) is 3.44. The van der Waals surface area contributed by atoms with E-state index >= 15 is 0 Å². The molecular formula is C18H13Cl2N3O2. The summed E-state index contributed by atoms with van der Waals surface area (Å²) in [6.45, 7) is 0. The lowest BCUT2D eigenvalue weighted by Gasteiger charge is -2.09. The summed E-state index contributed by atoms with van der Waals surface area (Å²) < 4.78 is 5.00. The standard InChI is InChI=1S/C18H13Cl2N3O2/c1-25-17-8-7-16(22-23-17)11-3-2-4-13(9-11)21-18(24)14-10-12(19)5-6-15(14)20/h2-10H,1H3,(H,21,24). The molecule has 5 nitrogen and oxygen atoms in total. The van der Waals surface area contributed by atoms with E-state index in [4.69, 9.17) is 27.9 Å². The van der Waals surface area contributed by atoms with Crippen molar-refractivity contribution in [3.05, 3.63) is 70.2 Å². The Hall–Kier alpha value is -2.63. The summed E-state index contributed by atoms with van der Waals surface area (Å²) in [6.07, 6.45) is 0. The lowest BCUT2D eigenvalue weighted by atomic mass is 10.1. The van der Waals surface area contributed by atoms with Gasteiger partial charge < -0.3 is 10.1 Å². The highest BCUT2D eigenvalue weighted by Gasteiger charge is 2.12. The molecule has 0 aliphatic rings. The highest BCUT2D eigenvalue weighted by molar-refractivity contribution is 6.36. The smallest absolute Gasteiger partial charge is 0.257 e. The number of benzene rings is 2. The first-order valence-electron chi connectivity index (χ1n) is 7.31. The van der Waals surface area contributed by atoms with Crippen molar-refractivity contribution in [1.82, 2.24) is 10.2 Å². The summed E-state index contributed by atoms with van der Waals surface area (Å²) in [5, 5.41) is 11.6. The molecule has 7 heteroatoms. The van der Waals surface area contributed by atoms with Crippen LogP contribution in [-0.2, 0) is 0 Å². The molecule has 25 heavy (non-hydrogen) atoms. The molecule has 3 rings (SSSR count). The van der Waals surface area contributed by atoms with Gasteiger partial charge in [-0.15, -0.1) is 10.2 Å². The van der Waals surface area contributed by atoms with Crippen molar-refractivity contribution in [3.8, 4) is 17.1 Å². The maximum atomic E-state index is 12.4. The molecule has 1 N–H and O–H groups in total. The van der Waals surface area contributed by atoms with Gasteiger partial charge in [0.1, 0.15) is 0 Å². The van der Waals surface area contributed by atoms with Crippen molar-refractivity contribution in [1.29, 1.82) is 0 Å². The highest BCUT2D eigenvalue weighted by atomic mass is 35.5. The van der Waals surface area contributed by atoms with E-state index in [0.717, 1.165) is 5.56 Å². The number of nitrogens with zero attached hydrogens (tertiary/aromatic N) is 2. The average molecular weight is 374 g/mol. The predicted molar refractivity (Wildman–Crippen MR) is 98.4 cm³/mol. The molecule has 0 atom stereocenters. The summed E-state index contributed by atoms with van der Waals surface area (Å²) in [5.41, 5.74) is 2.39. The number of ether oxygens (including phenoxy) is 1. The van der Waals surface area contributed by atoms with Crippen molar-refractivity contribution in [2.75, 3.05) is 12.4 Å². The van der Waals surface area contributed by atoms with Crippen LogP contribution >= 0.6 is 23.2 Å². The molecule has 0 saturated heterocycles. The molecule has 0 unspecified atom stereocenters. The number of rotatable bonds is 4. The van der Waals surface area contributed by atoms with E-state index in [1.165, 1.54) is 13.2 Å². The van der Waals surface area contributed by atoms with Crippen LogP contribution in [-0.4, -0.2) is 23.2 Å². The van der Waals surface area contributed by atoms with Crippen LogP contribution in [0, 0.1) is 0 Å². The van der Waals surface area contributed by atoms with Crippen molar-refractivity contribution in [3.63, 3.8) is 0 Å². The van der Waals surface area contributed by atoms with Crippen molar-refractivity contribution in [2.45, 2.75) is 0 Å². The number of hydrogen-bond donors (Lipinski definition) is 1. The Balaban J connectivity index is 1.83. The molecule has 3 aromatic rings. The van der Waals surface area contributed by atoms with Gasteiger partial charge in [0.05, 0.1) is 23.4 Å². The molecule has 0 spiro atoms. The van der Waals surface area contributed by atoms with E-state index in [0.29, 0.717) is 32.9 Å². The fourth-order valence-electron chi connectivity index (χ4n) is 2.21. The second-order valence-electron chi connectivity index (χ2n) is 5.12. The Kier molecular flexibility index (Phi) is 5.16.